The van der Waals surface area contributed by atoms with Crippen molar-refractivity contribution < 1.29 is 23.9 Å². The maximum atomic E-state index is 13.0. The van der Waals surface area contributed by atoms with E-state index < -0.39 is 12.0 Å². The number of hydrogen-bond acceptors (Lipinski definition) is 5. The van der Waals surface area contributed by atoms with Gasteiger partial charge in [0.25, 0.3) is 5.91 Å². The zero-order chi connectivity index (χ0) is 20.5. The number of carbonyl (C=O) groups is 3. The average Bonchev–Trinajstić information content (AvgIpc) is 2.68. The van der Waals surface area contributed by atoms with Crippen LogP contribution >= 0.6 is 0 Å². The predicted octanol–water partition coefficient (Wildman–Crippen LogP) is 2.32. The molecule has 7 nitrogen and oxygen atoms in total. The fourth-order valence-electron chi connectivity index (χ4n) is 2.80. The van der Waals surface area contributed by atoms with Crippen molar-refractivity contribution in [1.82, 2.24) is 10.2 Å². The molecule has 0 bridgehead atoms. The molecule has 1 N–H and O–H groups in total. The third kappa shape index (κ3) is 6.11. The maximum absolute atomic E-state index is 13.0. The number of piperazine rings is 1. The summed E-state index contributed by atoms with van der Waals surface area (Å²) in [5, 5.41) is 2.71. The Morgan fingerprint density at radius 1 is 1.36 bits per heavy atom. The van der Waals surface area contributed by atoms with Gasteiger partial charge in [0.15, 0.2) is 0 Å². The van der Waals surface area contributed by atoms with Gasteiger partial charge in [-0.15, -0.1) is 0 Å². The molecule has 1 fully saturated rings. The first-order chi connectivity index (χ1) is 13.4. The van der Waals surface area contributed by atoms with Gasteiger partial charge < -0.3 is 19.7 Å². The fourth-order valence-corrected chi connectivity index (χ4v) is 2.80. The molecule has 1 heterocycles. The van der Waals surface area contributed by atoms with Crippen LogP contribution in [0.1, 0.15) is 43.5 Å². The summed E-state index contributed by atoms with van der Waals surface area (Å²) in [4.78, 5) is 38.8. The zero-order valence-corrected chi connectivity index (χ0v) is 16.5. The molecule has 0 aromatic heterocycles. The molecular weight excluding hydrogens is 360 g/mol. The monoisotopic (exact) mass is 388 g/mol. The number of nitrogens with zero attached hydrogens (tertiary/aromatic N) is 1. The Kier molecular flexibility index (Phi) is 8.04. The van der Waals surface area contributed by atoms with Crippen LogP contribution in [0.25, 0.3) is 0 Å². The molecule has 1 saturated heterocycles. The number of esters is 1. The first kappa shape index (κ1) is 21.5. The van der Waals surface area contributed by atoms with E-state index in [0.717, 1.165) is 18.4 Å². The molecular formula is C21H28N2O5. The van der Waals surface area contributed by atoms with Crippen LogP contribution in [0.4, 0.5) is 0 Å². The lowest BCUT2D eigenvalue weighted by Gasteiger charge is -2.34. The van der Waals surface area contributed by atoms with Crippen molar-refractivity contribution in [3.63, 3.8) is 0 Å². The van der Waals surface area contributed by atoms with E-state index in [-0.39, 0.29) is 18.2 Å². The summed E-state index contributed by atoms with van der Waals surface area (Å²) >= 11 is 0. The van der Waals surface area contributed by atoms with Crippen LogP contribution in [-0.2, 0) is 14.3 Å². The molecule has 152 valence electrons. The lowest BCUT2D eigenvalue weighted by molar-refractivity contribution is -0.147. The van der Waals surface area contributed by atoms with Crippen LogP contribution in [-0.4, -0.2) is 55.0 Å². The number of hydrogen-bond donors (Lipinski definition) is 1. The van der Waals surface area contributed by atoms with Gasteiger partial charge in [0, 0.05) is 18.7 Å². The van der Waals surface area contributed by atoms with Gasteiger partial charge >= 0.3 is 5.97 Å². The molecule has 0 radical (unpaired) electrons. The molecule has 0 spiro atoms. The topological polar surface area (TPSA) is 84.9 Å². The summed E-state index contributed by atoms with van der Waals surface area (Å²) in [6, 6.07) is 5.90. The first-order valence-electron chi connectivity index (χ1n) is 9.54. The van der Waals surface area contributed by atoms with Crippen molar-refractivity contribution in [3.05, 3.63) is 42.0 Å². The van der Waals surface area contributed by atoms with Gasteiger partial charge in [-0.2, -0.15) is 0 Å². The molecule has 1 aliphatic heterocycles. The number of amides is 2. The normalized spacial score (nSPS) is 16.3. The Labute approximate surface area is 165 Å². The SMILES string of the molecule is C=C(C)COc1cccc(C(=O)N2CCNC(=O)C2CC(=O)OCCCC)c1. The van der Waals surface area contributed by atoms with E-state index >= 15 is 0 Å². The number of benzene rings is 1. The summed E-state index contributed by atoms with van der Waals surface area (Å²) in [6.07, 6.45) is 1.51. The minimum atomic E-state index is -0.879. The van der Waals surface area contributed by atoms with E-state index in [9.17, 15) is 14.4 Å². The number of nitrogens with one attached hydrogen (secondary N) is 1. The molecule has 0 aliphatic carbocycles. The molecule has 28 heavy (non-hydrogen) atoms. The van der Waals surface area contributed by atoms with Crippen LogP contribution in [0.3, 0.4) is 0 Å². The number of ether oxygens (including phenoxy) is 2. The highest BCUT2D eigenvalue weighted by Gasteiger charge is 2.35. The third-order valence-electron chi connectivity index (χ3n) is 4.28. The second kappa shape index (κ2) is 10.5. The standard InChI is InChI=1S/C21H28N2O5/c1-4-5-11-27-19(24)13-18-20(25)22-9-10-23(18)21(26)16-7-6-8-17(12-16)28-14-15(2)3/h6-8,12,18H,2,4-5,9-11,13-14H2,1,3H3,(H,22,25). The molecule has 1 unspecified atom stereocenters. The molecule has 1 aromatic carbocycles. The maximum Gasteiger partial charge on any atom is 0.308 e. The van der Waals surface area contributed by atoms with E-state index in [1.54, 1.807) is 24.3 Å². The smallest absolute Gasteiger partial charge is 0.308 e. The quantitative estimate of drug-likeness (QED) is 0.399. The minimum absolute atomic E-state index is 0.160. The van der Waals surface area contributed by atoms with E-state index in [1.165, 1.54) is 4.90 Å². The molecule has 1 atom stereocenters. The highest BCUT2D eigenvalue weighted by molar-refractivity contribution is 5.99. The molecule has 2 amide bonds. The van der Waals surface area contributed by atoms with Gasteiger partial charge in [-0.05, 0) is 37.1 Å². The Balaban J connectivity index is 2.10. The molecule has 0 saturated carbocycles. The summed E-state index contributed by atoms with van der Waals surface area (Å²) < 4.78 is 10.7. The molecule has 1 aromatic rings. The summed E-state index contributed by atoms with van der Waals surface area (Å²) in [6.45, 7) is 8.98. The second-order valence-corrected chi connectivity index (χ2v) is 6.86. The highest BCUT2D eigenvalue weighted by Crippen LogP contribution is 2.19. The van der Waals surface area contributed by atoms with Gasteiger partial charge in [-0.1, -0.05) is 26.0 Å². The van der Waals surface area contributed by atoms with Crippen molar-refractivity contribution >= 4 is 17.8 Å². The number of rotatable bonds is 9. The van der Waals surface area contributed by atoms with Gasteiger partial charge in [0.1, 0.15) is 18.4 Å². The molecule has 1 aliphatic rings. The summed E-state index contributed by atoms with van der Waals surface area (Å²) in [5.74, 6) is -0.596. The average molecular weight is 388 g/mol. The van der Waals surface area contributed by atoms with Crippen LogP contribution in [0.5, 0.6) is 5.75 Å². The van der Waals surface area contributed by atoms with Gasteiger partial charge in [0.05, 0.1) is 13.0 Å². The predicted molar refractivity (Wildman–Crippen MR) is 105 cm³/mol. The largest absolute Gasteiger partial charge is 0.489 e. The van der Waals surface area contributed by atoms with Crippen molar-refractivity contribution in [3.8, 4) is 5.75 Å². The third-order valence-corrected chi connectivity index (χ3v) is 4.28. The van der Waals surface area contributed by atoms with Crippen LogP contribution < -0.4 is 10.1 Å². The minimum Gasteiger partial charge on any atom is -0.489 e. The van der Waals surface area contributed by atoms with Gasteiger partial charge in [-0.3, -0.25) is 14.4 Å². The van der Waals surface area contributed by atoms with Crippen LogP contribution in [0, 0.1) is 0 Å². The zero-order valence-electron chi connectivity index (χ0n) is 16.5. The lowest BCUT2D eigenvalue weighted by atomic mass is 10.1. The summed E-state index contributed by atoms with van der Waals surface area (Å²) in [7, 11) is 0. The Hall–Kier alpha value is -2.83. The van der Waals surface area contributed by atoms with E-state index in [1.807, 2.05) is 13.8 Å². The van der Waals surface area contributed by atoms with Crippen molar-refractivity contribution in [2.45, 2.75) is 39.2 Å². The van der Waals surface area contributed by atoms with E-state index in [2.05, 4.69) is 11.9 Å². The lowest BCUT2D eigenvalue weighted by Crippen LogP contribution is -2.57. The van der Waals surface area contributed by atoms with Crippen LogP contribution in [0.2, 0.25) is 0 Å². The van der Waals surface area contributed by atoms with Gasteiger partial charge in [0.2, 0.25) is 5.91 Å². The van der Waals surface area contributed by atoms with E-state index in [4.69, 9.17) is 9.47 Å². The Bertz CT molecular complexity index is 731. The number of carbonyl (C=O) groups excluding carboxylic acids is 3. The Morgan fingerprint density at radius 3 is 2.86 bits per heavy atom. The van der Waals surface area contributed by atoms with Crippen molar-refractivity contribution in [1.29, 1.82) is 0 Å². The molecule has 2 rings (SSSR count). The Morgan fingerprint density at radius 2 is 2.14 bits per heavy atom. The highest BCUT2D eigenvalue weighted by atomic mass is 16.5. The fraction of sp³-hybridized carbons (Fsp3) is 0.476. The van der Waals surface area contributed by atoms with Gasteiger partial charge in [-0.25, -0.2) is 0 Å². The van der Waals surface area contributed by atoms with Crippen molar-refractivity contribution in [2.24, 2.45) is 0 Å². The second-order valence-electron chi connectivity index (χ2n) is 6.86. The van der Waals surface area contributed by atoms with Crippen molar-refractivity contribution in [2.75, 3.05) is 26.3 Å². The van der Waals surface area contributed by atoms with E-state index in [0.29, 0.717) is 37.6 Å². The first-order valence-corrected chi connectivity index (χ1v) is 9.54. The number of unbranched alkanes of at least 4 members (excludes halogenated alkanes) is 1. The summed E-state index contributed by atoms with van der Waals surface area (Å²) in [5.41, 5.74) is 1.27. The molecule has 7 heteroatoms. The van der Waals surface area contributed by atoms with Crippen LogP contribution in [0.15, 0.2) is 36.4 Å².